The Morgan fingerprint density at radius 2 is 2.05 bits per heavy atom. The Morgan fingerprint density at radius 3 is 2.95 bits per heavy atom. The van der Waals surface area contributed by atoms with Crippen molar-refractivity contribution in [1.82, 2.24) is 4.98 Å². The van der Waals surface area contributed by atoms with Crippen LogP contribution in [0.15, 0.2) is 48.7 Å². The first-order valence-electron chi connectivity index (χ1n) is 6.93. The molecule has 0 unspecified atom stereocenters. The Hall–Kier alpha value is -2.95. The molecule has 0 fully saturated rings. The van der Waals surface area contributed by atoms with Crippen molar-refractivity contribution in [2.75, 3.05) is 19.2 Å². The number of fused-ring (bicyclic) bond motifs is 2. The zero-order valence-electron chi connectivity index (χ0n) is 12.0. The van der Waals surface area contributed by atoms with Crippen LogP contribution in [-0.4, -0.2) is 18.9 Å². The Morgan fingerprint density at radius 1 is 1.09 bits per heavy atom. The third-order valence-corrected chi connectivity index (χ3v) is 3.61. The molecule has 0 spiro atoms. The molecule has 0 bridgehead atoms. The number of methoxy groups -OCH3 is 1. The lowest BCUT2D eigenvalue weighted by Crippen LogP contribution is -1.96. The van der Waals surface area contributed by atoms with E-state index in [2.05, 4.69) is 10.3 Å². The van der Waals surface area contributed by atoms with Crippen LogP contribution in [0.5, 0.6) is 17.2 Å². The highest BCUT2D eigenvalue weighted by Gasteiger charge is 2.17. The van der Waals surface area contributed by atoms with Gasteiger partial charge in [-0.15, -0.1) is 0 Å². The summed E-state index contributed by atoms with van der Waals surface area (Å²) in [5, 5.41) is 4.38. The summed E-state index contributed by atoms with van der Waals surface area (Å²) in [6, 6.07) is 13.5. The molecule has 2 aromatic carbocycles. The van der Waals surface area contributed by atoms with Crippen molar-refractivity contribution in [2.24, 2.45) is 0 Å². The van der Waals surface area contributed by atoms with E-state index in [1.165, 1.54) is 0 Å². The van der Waals surface area contributed by atoms with E-state index in [-0.39, 0.29) is 6.79 Å². The van der Waals surface area contributed by atoms with Gasteiger partial charge in [0.05, 0.1) is 18.3 Å². The SMILES string of the molecule is COc1ccc2nccc(Nc3cccc4c3OCO4)c2c1. The minimum atomic E-state index is 0.249. The van der Waals surface area contributed by atoms with Crippen molar-refractivity contribution in [1.29, 1.82) is 0 Å². The highest BCUT2D eigenvalue weighted by atomic mass is 16.7. The highest BCUT2D eigenvalue weighted by Crippen LogP contribution is 2.41. The second-order valence-corrected chi connectivity index (χ2v) is 4.91. The number of aromatic nitrogens is 1. The summed E-state index contributed by atoms with van der Waals surface area (Å²) in [5.41, 5.74) is 2.70. The maximum atomic E-state index is 5.53. The lowest BCUT2D eigenvalue weighted by Gasteiger charge is -2.12. The number of rotatable bonds is 3. The number of para-hydroxylation sites is 1. The van der Waals surface area contributed by atoms with Crippen LogP contribution >= 0.6 is 0 Å². The molecule has 0 atom stereocenters. The van der Waals surface area contributed by atoms with Crippen LogP contribution < -0.4 is 19.5 Å². The molecule has 22 heavy (non-hydrogen) atoms. The summed E-state index contributed by atoms with van der Waals surface area (Å²) in [7, 11) is 1.65. The van der Waals surface area contributed by atoms with Gasteiger partial charge in [-0.25, -0.2) is 0 Å². The fourth-order valence-electron chi connectivity index (χ4n) is 2.54. The first-order chi connectivity index (χ1) is 10.8. The third-order valence-electron chi connectivity index (χ3n) is 3.61. The first-order valence-corrected chi connectivity index (χ1v) is 6.93. The van der Waals surface area contributed by atoms with Crippen LogP contribution in [0, 0.1) is 0 Å². The van der Waals surface area contributed by atoms with Crippen molar-refractivity contribution >= 4 is 22.3 Å². The average molecular weight is 294 g/mol. The number of nitrogens with zero attached hydrogens (tertiary/aromatic N) is 1. The monoisotopic (exact) mass is 294 g/mol. The van der Waals surface area contributed by atoms with Gasteiger partial charge in [0.2, 0.25) is 6.79 Å². The molecule has 3 aromatic rings. The summed E-state index contributed by atoms with van der Waals surface area (Å²) in [6.07, 6.45) is 1.78. The summed E-state index contributed by atoms with van der Waals surface area (Å²) in [6.45, 7) is 0.249. The maximum Gasteiger partial charge on any atom is 0.231 e. The first kappa shape index (κ1) is 12.8. The minimum Gasteiger partial charge on any atom is -0.497 e. The molecule has 5 heteroatoms. The molecule has 1 aliphatic rings. The maximum absolute atomic E-state index is 5.53. The van der Waals surface area contributed by atoms with Crippen LogP contribution in [0.4, 0.5) is 11.4 Å². The Bertz CT molecular complexity index is 848. The average Bonchev–Trinajstić information content (AvgIpc) is 3.04. The van der Waals surface area contributed by atoms with E-state index in [1.807, 2.05) is 42.5 Å². The Labute approximate surface area is 127 Å². The van der Waals surface area contributed by atoms with E-state index < -0.39 is 0 Å². The number of pyridine rings is 1. The van der Waals surface area contributed by atoms with Gasteiger partial charge in [0.15, 0.2) is 11.5 Å². The zero-order chi connectivity index (χ0) is 14.9. The van der Waals surface area contributed by atoms with Crippen molar-refractivity contribution < 1.29 is 14.2 Å². The fourth-order valence-corrected chi connectivity index (χ4v) is 2.54. The van der Waals surface area contributed by atoms with Crippen LogP contribution in [0.3, 0.4) is 0 Å². The summed E-state index contributed by atoms with van der Waals surface area (Å²) < 4.78 is 16.2. The number of nitrogens with one attached hydrogen (secondary N) is 1. The van der Waals surface area contributed by atoms with E-state index in [9.17, 15) is 0 Å². The van der Waals surface area contributed by atoms with Gasteiger partial charge in [-0.2, -0.15) is 0 Å². The van der Waals surface area contributed by atoms with E-state index in [0.717, 1.165) is 39.5 Å². The molecule has 2 heterocycles. The molecule has 1 aliphatic heterocycles. The molecule has 0 radical (unpaired) electrons. The standard InChI is InChI=1S/C17H14N2O3/c1-20-11-5-6-13-12(9-11)14(7-8-18-13)19-15-3-2-4-16-17(15)22-10-21-16/h2-9H,10H2,1H3,(H,18,19). The van der Waals surface area contributed by atoms with E-state index in [0.29, 0.717) is 0 Å². The molecule has 1 N–H and O–H groups in total. The van der Waals surface area contributed by atoms with Crippen LogP contribution in [0.2, 0.25) is 0 Å². The molecule has 110 valence electrons. The lowest BCUT2D eigenvalue weighted by atomic mass is 10.1. The summed E-state index contributed by atoms with van der Waals surface area (Å²) in [4.78, 5) is 4.38. The Kier molecular flexibility index (Phi) is 2.96. The second kappa shape index (κ2) is 5.11. The molecular weight excluding hydrogens is 280 g/mol. The largest absolute Gasteiger partial charge is 0.497 e. The number of benzene rings is 2. The predicted molar refractivity (Wildman–Crippen MR) is 84.1 cm³/mol. The van der Waals surface area contributed by atoms with Crippen LogP contribution in [0.25, 0.3) is 10.9 Å². The predicted octanol–water partition coefficient (Wildman–Crippen LogP) is 3.72. The van der Waals surface area contributed by atoms with Crippen LogP contribution in [-0.2, 0) is 0 Å². The van der Waals surface area contributed by atoms with Crippen molar-refractivity contribution in [3.05, 3.63) is 48.7 Å². The smallest absolute Gasteiger partial charge is 0.231 e. The summed E-state index contributed by atoms with van der Waals surface area (Å²) in [5.74, 6) is 2.28. The van der Waals surface area contributed by atoms with E-state index in [1.54, 1.807) is 13.3 Å². The van der Waals surface area contributed by atoms with Crippen molar-refractivity contribution in [3.63, 3.8) is 0 Å². The quantitative estimate of drug-likeness (QED) is 0.798. The molecule has 5 nitrogen and oxygen atoms in total. The minimum absolute atomic E-state index is 0.249. The molecule has 0 aliphatic carbocycles. The van der Waals surface area contributed by atoms with Gasteiger partial charge in [0.25, 0.3) is 0 Å². The van der Waals surface area contributed by atoms with Gasteiger partial charge in [-0.05, 0) is 36.4 Å². The van der Waals surface area contributed by atoms with Crippen LogP contribution in [0.1, 0.15) is 0 Å². The summed E-state index contributed by atoms with van der Waals surface area (Å²) >= 11 is 0. The third kappa shape index (κ3) is 2.07. The van der Waals surface area contributed by atoms with Gasteiger partial charge in [-0.3, -0.25) is 4.98 Å². The normalized spacial score (nSPS) is 12.4. The van der Waals surface area contributed by atoms with Gasteiger partial charge in [-0.1, -0.05) is 6.07 Å². The molecule has 0 saturated heterocycles. The zero-order valence-corrected chi connectivity index (χ0v) is 12.0. The van der Waals surface area contributed by atoms with Gasteiger partial charge < -0.3 is 19.5 Å². The topological polar surface area (TPSA) is 52.6 Å². The number of hydrogen-bond acceptors (Lipinski definition) is 5. The molecule has 0 amide bonds. The molecular formula is C17H14N2O3. The van der Waals surface area contributed by atoms with E-state index in [4.69, 9.17) is 14.2 Å². The lowest BCUT2D eigenvalue weighted by molar-refractivity contribution is 0.174. The highest BCUT2D eigenvalue weighted by molar-refractivity contribution is 5.94. The van der Waals surface area contributed by atoms with Gasteiger partial charge in [0.1, 0.15) is 5.75 Å². The van der Waals surface area contributed by atoms with Gasteiger partial charge in [0, 0.05) is 17.3 Å². The van der Waals surface area contributed by atoms with Crippen molar-refractivity contribution in [2.45, 2.75) is 0 Å². The van der Waals surface area contributed by atoms with Crippen molar-refractivity contribution in [3.8, 4) is 17.2 Å². The molecule has 0 saturated carbocycles. The van der Waals surface area contributed by atoms with E-state index >= 15 is 0 Å². The number of anilines is 2. The number of ether oxygens (including phenoxy) is 3. The Balaban J connectivity index is 1.80. The fraction of sp³-hybridized carbons (Fsp3) is 0.118. The van der Waals surface area contributed by atoms with Gasteiger partial charge >= 0.3 is 0 Å². The second-order valence-electron chi connectivity index (χ2n) is 4.91. The molecule has 1 aromatic heterocycles. The molecule has 4 rings (SSSR count). The number of hydrogen-bond donors (Lipinski definition) is 1.